The fourth-order valence-electron chi connectivity index (χ4n) is 1.75. The van der Waals surface area contributed by atoms with E-state index in [1.165, 1.54) is 0 Å². The monoisotopic (exact) mass is 259 g/mol. The van der Waals surface area contributed by atoms with Crippen molar-refractivity contribution < 1.29 is 4.79 Å². The average molecular weight is 260 g/mol. The molecule has 0 saturated carbocycles. The quantitative estimate of drug-likeness (QED) is 0.860. The summed E-state index contributed by atoms with van der Waals surface area (Å²) >= 11 is 6.06. The van der Waals surface area contributed by atoms with Crippen LogP contribution in [-0.4, -0.2) is 5.91 Å². The van der Waals surface area contributed by atoms with E-state index >= 15 is 0 Å². The van der Waals surface area contributed by atoms with Gasteiger partial charge in [-0.15, -0.1) is 0 Å². The first kappa shape index (κ1) is 12.7. The van der Waals surface area contributed by atoms with Crippen LogP contribution in [0.15, 0.2) is 42.5 Å². The lowest BCUT2D eigenvalue weighted by Gasteiger charge is -2.09. The number of nitrogens with one attached hydrogen (secondary N) is 1. The number of rotatable bonds is 2. The molecule has 0 aliphatic heterocycles. The summed E-state index contributed by atoms with van der Waals surface area (Å²) in [5, 5.41) is 3.32. The molecule has 0 spiro atoms. The Morgan fingerprint density at radius 3 is 2.33 bits per heavy atom. The number of anilines is 1. The second-order valence-corrected chi connectivity index (χ2v) is 4.66. The molecule has 2 rings (SSSR count). The predicted molar refractivity (Wildman–Crippen MR) is 75.3 cm³/mol. The largest absolute Gasteiger partial charge is 0.322 e. The number of carbonyl (C=O) groups excluding carboxylic acids is 1. The van der Waals surface area contributed by atoms with Crippen molar-refractivity contribution in [2.75, 3.05) is 5.32 Å². The lowest BCUT2D eigenvalue weighted by Crippen LogP contribution is -2.13. The fraction of sp³-hybridized carbons (Fsp3) is 0.133. The summed E-state index contributed by atoms with van der Waals surface area (Å²) in [6.45, 7) is 3.87. The van der Waals surface area contributed by atoms with Gasteiger partial charge in [-0.2, -0.15) is 0 Å². The molecule has 0 unspecified atom stereocenters. The van der Waals surface area contributed by atoms with Gasteiger partial charge in [-0.3, -0.25) is 4.79 Å². The minimum Gasteiger partial charge on any atom is -0.322 e. The summed E-state index contributed by atoms with van der Waals surface area (Å²) in [5.74, 6) is -0.179. The molecule has 0 atom stereocenters. The van der Waals surface area contributed by atoms with E-state index in [0.717, 1.165) is 16.8 Å². The van der Waals surface area contributed by atoms with E-state index in [2.05, 4.69) is 5.32 Å². The highest BCUT2D eigenvalue weighted by Crippen LogP contribution is 2.21. The maximum absolute atomic E-state index is 12.1. The Bertz CT molecular complexity index is 555. The molecule has 2 aromatic rings. The van der Waals surface area contributed by atoms with E-state index in [9.17, 15) is 4.79 Å². The summed E-state index contributed by atoms with van der Waals surface area (Å²) in [5.41, 5.74) is 3.32. The van der Waals surface area contributed by atoms with Crippen molar-refractivity contribution in [3.8, 4) is 0 Å². The van der Waals surface area contributed by atoms with E-state index in [0.29, 0.717) is 10.6 Å². The van der Waals surface area contributed by atoms with Gasteiger partial charge in [0.25, 0.3) is 5.91 Å². The second-order valence-electron chi connectivity index (χ2n) is 4.25. The Balaban J connectivity index is 2.25. The zero-order valence-corrected chi connectivity index (χ0v) is 11.1. The van der Waals surface area contributed by atoms with Gasteiger partial charge in [0.1, 0.15) is 0 Å². The molecule has 0 saturated heterocycles. The third-order valence-electron chi connectivity index (χ3n) is 2.76. The van der Waals surface area contributed by atoms with Crippen LogP contribution in [0.25, 0.3) is 0 Å². The molecular weight excluding hydrogens is 246 g/mol. The number of hydrogen-bond donors (Lipinski definition) is 1. The molecule has 0 heterocycles. The highest BCUT2D eigenvalue weighted by Gasteiger charge is 2.12. The van der Waals surface area contributed by atoms with Gasteiger partial charge >= 0.3 is 0 Å². The molecule has 2 aromatic carbocycles. The third-order valence-corrected chi connectivity index (χ3v) is 3.07. The van der Waals surface area contributed by atoms with Crippen molar-refractivity contribution in [3.05, 3.63) is 64.2 Å². The Morgan fingerprint density at radius 2 is 1.72 bits per heavy atom. The van der Waals surface area contributed by atoms with Crippen LogP contribution in [0.2, 0.25) is 5.02 Å². The minimum atomic E-state index is -0.179. The van der Waals surface area contributed by atoms with Crippen molar-refractivity contribution in [2.45, 2.75) is 13.8 Å². The SMILES string of the molecule is Cc1ccc(NC(=O)c2c(C)cccc2Cl)cc1. The van der Waals surface area contributed by atoms with Crippen LogP contribution in [-0.2, 0) is 0 Å². The van der Waals surface area contributed by atoms with E-state index in [1.54, 1.807) is 6.07 Å². The smallest absolute Gasteiger partial charge is 0.257 e. The van der Waals surface area contributed by atoms with Gasteiger partial charge in [-0.1, -0.05) is 41.4 Å². The van der Waals surface area contributed by atoms with E-state index in [-0.39, 0.29) is 5.91 Å². The van der Waals surface area contributed by atoms with Gasteiger partial charge < -0.3 is 5.32 Å². The standard InChI is InChI=1S/C15H14ClNO/c1-10-6-8-12(9-7-10)17-15(18)14-11(2)4-3-5-13(14)16/h3-9H,1-2H3,(H,17,18). The molecule has 0 bridgehead atoms. The van der Waals surface area contributed by atoms with E-state index in [4.69, 9.17) is 11.6 Å². The zero-order valence-electron chi connectivity index (χ0n) is 10.3. The molecule has 18 heavy (non-hydrogen) atoms. The van der Waals surface area contributed by atoms with Crippen LogP contribution < -0.4 is 5.32 Å². The van der Waals surface area contributed by atoms with Gasteiger partial charge in [0.05, 0.1) is 10.6 Å². The molecule has 1 N–H and O–H groups in total. The van der Waals surface area contributed by atoms with Gasteiger partial charge in [-0.25, -0.2) is 0 Å². The zero-order chi connectivity index (χ0) is 13.1. The van der Waals surface area contributed by atoms with E-state index in [1.807, 2.05) is 50.2 Å². The van der Waals surface area contributed by atoms with Crippen molar-refractivity contribution in [2.24, 2.45) is 0 Å². The molecule has 1 amide bonds. The Labute approximate surface area is 112 Å². The number of hydrogen-bond acceptors (Lipinski definition) is 1. The van der Waals surface area contributed by atoms with Crippen molar-refractivity contribution in [1.82, 2.24) is 0 Å². The van der Waals surface area contributed by atoms with Crippen LogP contribution in [0, 0.1) is 13.8 Å². The first-order chi connectivity index (χ1) is 8.58. The van der Waals surface area contributed by atoms with Gasteiger partial charge in [0.15, 0.2) is 0 Å². The Kier molecular flexibility index (Phi) is 3.68. The maximum Gasteiger partial charge on any atom is 0.257 e. The first-order valence-corrected chi connectivity index (χ1v) is 6.09. The Morgan fingerprint density at radius 1 is 1.06 bits per heavy atom. The average Bonchev–Trinajstić information content (AvgIpc) is 2.32. The van der Waals surface area contributed by atoms with Crippen LogP contribution in [0.4, 0.5) is 5.69 Å². The highest BCUT2D eigenvalue weighted by molar-refractivity contribution is 6.34. The lowest BCUT2D eigenvalue weighted by molar-refractivity contribution is 0.102. The summed E-state index contributed by atoms with van der Waals surface area (Å²) in [7, 11) is 0. The molecule has 3 heteroatoms. The molecule has 0 aromatic heterocycles. The van der Waals surface area contributed by atoms with Gasteiger partial charge in [-0.05, 0) is 37.6 Å². The Hall–Kier alpha value is -1.80. The lowest BCUT2D eigenvalue weighted by atomic mass is 10.1. The molecule has 0 radical (unpaired) electrons. The first-order valence-electron chi connectivity index (χ1n) is 5.71. The van der Waals surface area contributed by atoms with Crippen molar-refractivity contribution >= 4 is 23.2 Å². The van der Waals surface area contributed by atoms with Crippen LogP contribution in [0.3, 0.4) is 0 Å². The van der Waals surface area contributed by atoms with Crippen LogP contribution in [0.5, 0.6) is 0 Å². The molecule has 0 fully saturated rings. The molecular formula is C15H14ClNO. The second kappa shape index (κ2) is 5.23. The summed E-state index contributed by atoms with van der Waals surface area (Å²) in [4.78, 5) is 12.1. The number of aryl methyl sites for hydroxylation is 2. The maximum atomic E-state index is 12.1. The van der Waals surface area contributed by atoms with Gasteiger partial charge in [0, 0.05) is 5.69 Å². The van der Waals surface area contributed by atoms with Gasteiger partial charge in [0.2, 0.25) is 0 Å². The predicted octanol–water partition coefficient (Wildman–Crippen LogP) is 4.21. The number of halogens is 1. The van der Waals surface area contributed by atoms with Crippen molar-refractivity contribution in [1.29, 1.82) is 0 Å². The summed E-state index contributed by atoms with van der Waals surface area (Å²) in [6, 6.07) is 13.1. The number of carbonyl (C=O) groups is 1. The molecule has 2 nitrogen and oxygen atoms in total. The van der Waals surface area contributed by atoms with Crippen molar-refractivity contribution in [3.63, 3.8) is 0 Å². The number of amides is 1. The molecule has 92 valence electrons. The van der Waals surface area contributed by atoms with E-state index < -0.39 is 0 Å². The molecule has 0 aliphatic carbocycles. The normalized spacial score (nSPS) is 10.2. The van der Waals surface area contributed by atoms with Crippen LogP contribution >= 0.6 is 11.6 Å². The van der Waals surface area contributed by atoms with Crippen LogP contribution in [0.1, 0.15) is 21.5 Å². The summed E-state index contributed by atoms with van der Waals surface area (Å²) < 4.78 is 0. The number of benzene rings is 2. The molecule has 0 aliphatic rings. The fourth-order valence-corrected chi connectivity index (χ4v) is 2.06. The highest BCUT2D eigenvalue weighted by atomic mass is 35.5. The minimum absolute atomic E-state index is 0.179. The topological polar surface area (TPSA) is 29.1 Å². The third kappa shape index (κ3) is 2.71. The summed E-state index contributed by atoms with van der Waals surface area (Å²) in [6.07, 6.45) is 0.